The van der Waals surface area contributed by atoms with Gasteiger partial charge in [-0.2, -0.15) is 0 Å². The summed E-state index contributed by atoms with van der Waals surface area (Å²) in [5.74, 6) is 0.446. The lowest BCUT2D eigenvalue weighted by atomic mass is 10.0. The molecule has 0 bridgehead atoms. The molecule has 1 amide bonds. The number of amides is 1. The molecule has 1 aliphatic rings. The highest BCUT2D eigenvalue weighted by Crippen LogP contribution is 2.31. The van der Waals surface area contributed by atoms with Gasteiger partial charge in [-0.25, -0.2) is 9.18 Å². The van der Waals surface area contributed by atoms with Crippen molar-refractivity contribution in [3.05, 3.63) is 29.6 Å². The highest BCUT2D eigenvalue weighted by molar-refractivity contribution is 5.68. The monoisotopic (exact) mass is 352 g/mol. The normalized spacial score (nSPS) is 18.7. The van der Waals surface area contributed by atoms with Crippen LogP contribution >= 0.6 is 0 Å². The highest BCUT2D eigenvalue weighted by Gasteiger charge is 2.21. The van der Waals surface area contributed by atoms with Crippen LogP contribution in [0.4, 0.5) is 9.18 Å². The summed E-state index contributed by atoms with van der Waals surface area (Å²) in [5.41, 5.74) is 0.350. The molecule has 0 spiro atoms. The Morgan fingerprint density at radius 1 is 1.44 bits per heavy atom. The first-order valence-electron chi connectivity index (χ1n) is 8.90. The first kappa shape index (κ1) is 19.5. The van der Waals surface area contributed by atoms with E-state index >= 15 is 0 Å². The third-order valence-electron chi connectivity index (χ3n) is 3.98. The van der Waals surface area contributed by atoms with E-state index in [-0.39, 0.29) is 17.9 Å². The van der Waals surface area contributed by atoms with Crippen molar-refractivity contribution in [2.75, 3.05) is 13.2 Å². The zero-order valence-electron chi connectivity index (χ0n) is 15.5. The highest BCUT2D eigenvalue weighted by atomic mass is 19.1. The van der Waals surface area contributed by atoms with Crippen LogP contribution in [0.3, 0.4) is 0 Å². The first-order chi connectivity index (χ1) is 11.7. The minimum absolute atomic E-state index is 0.0802. The molecule has 1 fully saturated rings. The topological polar surface area (TPSA) is 59.6 Å². The summed E-state index contributed by atoms with van der Waals surface area (Å²) in [7, 11) is 0. The SMILES string of the molecule is CC(CCOc1ccc(F)cc1[C@H]1CCCN1)NC(=O)OC(C)(C)C. The number of benzene rings is 1. The fourth-order valence-electron chi connectivity index (χ4n) is 2.80. The lowest BCUT2D eigenvalue weighted by Crippen LogP contribution is -2.38. The van der Waals surface area contributed by atoms with Gasteiger partial charge in [-0.05, 0) is 65.3 Å². The maximum absolute atomic E-state index is 13.6. The van der Waals surface area contributed by atoms with Crippen molar-refractivity contribution in [2.45, 2.75) is 64.6 Å². The van der Waals surface area contributed by atoms with E-state index in [1.807, 2.05) is 27.7 Å². The van der Waals surface area contributed by atoms with Gasteiger partial charge in [-0.15, -0.1) is 0 Å². The number of nitrogens with one attached hydrogen (secondary N) is 2. The van der Waals surface area contributed by atoms with Crippen molar-refractivity contribution >= 4 is 6.09 Å². The molecular formula is C19H29FN2O3. The molecule has 2 rings (SSSR count). The number of carbonyl (C=O) groups excluding carboxylic acids is 1. The van der Waals surface area contributed by atoms with E-state index in [0.717, 1.165) is 24.9 Å². The Kier molecular flexibility index (Phi) is 6.64. The number of carbonyl (C=O) groups is 1. The molecule has 2 N–H and O–H groups in total. The molecule has 0 saturated carbocycles. The van der Waals surface area contributed by atoms with Crippen LogP contribution in [0.25, 0.3) is 0 Å². The molecule has 2 atom stereocenters. The van der Waals surface area contributed by atoms with Crippen molar-refractivity contribution in [1.82, 2.24) is 10.6 Å². The Bertz CT molecular complexity index is 581. The first-order valence-corrected chi connectivity index (χ1v) is 8.90. The summed E-state index contributed by atoms with van der Waals surface area (Å²) >= 11 is 0. The van der Waals surface area contributed by atoms with Crippen LogP contribution in [-0.4, -0.2) is 30.9 Å². The number of ether oxygens (including phenoxy) is 2. The molecule has 0 radical (unpaired) electrons. The standard InChI is InChI=1S/C19H29FN2O3/c1-13(22-18(23)25-19(2,3)4)9-11-24-17-8-7-14(20)12-15(17)16-6-5-10-21-16/h7-8,12-13,16,21H,5-6,9-11H2,1-4H3,(H,22,23)/t13?,16-/m1/s1. The van der Waals surface area contributed by atoms with Crippen LogP contribution in [0.5, 0.6) is 5.75 Å². The van der Waals surface area contributed by atoms with Crippen molar-refractivity contribution in [3.63, 3.8) is 0 Å². The second-order valence-electron chi connectivity index (χ2n) is 7.52. The van der Waals surface area contributed by atoms with Crippen LogP contribution in [0, 0.1) is 5.82 Å². The van der Waals surface area contributed by atoms with Gasteiger partial charge in [0.2, 0.25) is 0 Å². The smallest absolute Gasteiger partial charge is 0.407 e. The Morgan fingerprint density at radius 3 is 2.84 bits per heavy atom. The summed E-state index contributed by atoms with van der Waals surface area (Å²) in [6.07, 6.45) is 2.26. The predicted molar refractivity (Wildman–Crippen MR) is 95.3 cm³/mol. The van der Waals surface area contributed by atoms with Crippen LogP contribution in [0.2, 0.25) is 0 Å². The fourth-order valence-corrected chi connectivity index (χ4v) is 2.80. The van der Waals surface area contributed by atoms with Gasteiger partial charge in [0.15, 0.2) is 0 Å². The van der Waals surface area contributed by atoms with Gasteiger partial charge in [0.25, 0.3) is 0 Å². The molecule has 0 aliphatic carbocycles. The van der Waals surface area contributed by atoms with E-state index in [1.54, 1.807) is 12.1 Å². The molecular weight excluding hydrogens is 323 g/mol. The molecule has 1 aromatic rings. The predicted octanol–water partition coefficient (Wildman–Crippen LogP) is 3.93. The van der Waals surface area contributed by atoms with Gasteiger partial charge >= 0.3 is 6.09 Å². The third kappa shape index (κ3) is 6.53. The quantitative estimate of drug-likeness (QED) is 0.814. The minimum atomic E-state index is -0.516. The molecule has 1 unspecified atom stereocenters. The molecule has 1 heterocycles. The molecule has 6 heteroatoms. The Balaban J connectivity index is 1.84. The number of halogens is 1. The second-order valence-corrected chi connectivity index (χ2v) is 7.52. The maximum atomic E-state index is 13.6. The van der Waals surface area contributed by atoms with Gasteiger partial charge in [-0.1, -0.05) is 0 Å². The number of hydrogen-bond acceptors (Lipinski definition) is 4. The molecule has 25 heavy (non-hydrogen) atoms. The van der Waals surface area contributed by atoms with Crippen molar-refractivity contribution < 1.29 is 18.7 Å². The molecule has 0 aromatic heterocycles. The minimum Gasteiger partial charge on any atom is -0.493 e. The zero-order valence-corrected chi connectivity index (χ0v) is 15.5. The average molecular weight is 352 g/mol. The Labute approximate surface area is 149 Å². The summed E-state index contributed by atoms with van der Waals surface area (Å²) in [4.78, 5) is 11.7. The Hall–Kier alpha value is -1.82. The van der Waals surface area contributed by atoms with E-state index in [0.29, 0.717) is 18.8 Å². The van der Waals surface area contributed by atoms with Crippen LogP contribution < -0.4 is 15.4 Å². The van der Waals surface area contributed by atoms with Gasteiger partial charge in [-0.3, -0.25) is 0 Å². The lowest BCUT2D eigenvalue weighted by Gasteiger charge is -2.22. The molecule has 1 saturated heterocycles. The third-order valence-corrected chi connectivity index (χ3v) is 3.98. The van der Waals surface area contributed by atoms with Crippen LogP contribution in [0.1, 0.15) is 58.6 Å². The fraction of sp³-hybridized carbons (Fsp3) is 0.632. The van der Waals surface area contributed by atoms with Gasteiger partial charge in [0.05, 0.1) is 6.61 Å². The lowest BCUT2D eigenvalue weighted by molar-refractivity contribution is 0.0503. The van der Waals surface area contributed by atoms with E-state index in [2.05, 4.69) is 10.6 Å². The van der Waals surface area contributed by atoms with E-state index in [1.165, 1.54) is 6.07 Å². The van der Waals surface area contributed by atoms with Crippen LogP contribution in [0.15, 0.2) is 18.2 Å². The molecule has 140 valence electrons. The largest absolute Gasteiger partial charge is 0.493 e. The van der Waals surface area contributed by atoms with Crippen molar-refractivity contribution in [3.8, 4) is 5.75 Å². The zero-order chi connectivity index (χ0) is 18.4. The van der Waals surface area contributed by atoms with Gasteiger partial charge in [0.1, 0.15) is 17.2 Å². The van der Waals surface area contributed by atoms with Gasteiger partial charge < -0.3 is 20.1 Å². The maximum Gasteiger partial charge on any atom is 0.407 e. The molecule has 1 aromatic carbocycles. The number of hydrogen-bond donors (Lipinski definition) is 2. The van der Waals surface area contributed by atoms with Crippen molar-refractivity contribution in [1.29, 1.82) is 0 Å². The molecule has 1 aliphatic heterocycles. The second kappa shape index (κ2) is 8.52. The Morgan fingerprint density at radius 2 is 2.20 bits per heavy atom. The van der Waals surface area contributed by atoms with E-state index < -0.39 is 11.7 Å². The number of alkyl carbamates (subject to hydrolysis) is 1. The summed E-state index contributed by atoms with van der Waals surface area (Å²) in [5, 5.41) is 6.16. The van der Waals surface area contributed by atoms with E-state index in [4.69, 9.17) is 9.47 Å². The number of rotatable bonds is 6. The van der Waals surface area contributed by atoms with Crippen LogP contribution in [-0.2, 0) is 4.74 Å². The van der Waals surface area contributed by atoms with Gasteiger partial charge in [0, 0.05) is 24.1 Å². The summed E-state index contributed by atoms with van der Waals surface area (Å²) in [6, 6.07) is 4.69. The summed E-state index contributed by atoms with van der Waals surface area (Å²) < 4.78 is 24.7. The molecule has 5 nitrogen and oxygen atoms in total. The summed E-state index contributed by atoms with van der Waals surface area (Å²) in [6.45, 7) is 8.76. The van der Waals surface area contributed by atoms with Crippen molar-refractivity contribution in [2.24, 2.45) is 0 Å². The average Bonchev–Trinajstić information content (AvgIpc) is 3.00. The van der Waals surface area contributed by atoms with E-state index in [9.17, 15) is 9.18 Å².